The molecule has 0 bridgehead atoms. The number of benzene rings is 1. The van der Waals surface area contributed by atoms with Crippen LogP contribution in [0.1, 0.15) is 12.5 Å². The topological polar surface area (TPSA) is 92.4 Å². The Balaban J connectivity index is 2.95. The fraction of sp³-hybridized carbons (Fsp3) is 0.500. The standard InChI is InChI=1S/C12H19FN2O3S2/c1-8-10(13)4-9(5-11(8)14)20(17,18)15-6-12(2,16)7-19-3/h4-5,15-16H,6-7,14H2,1-3H3. The van der Waals surface area contributed by atoms with Crippen LogP contribution in [0, 0.1) is 12.7 Å². The molecule has 1 aromatic rings. The van der Waals surface area contributed by atoms with Crippen LogP contribution >= 0.6 is 11.8 Å². The Hall–Kier alpha value is -0.830. The predicted octanol–water partition coefficient (Wildman–Crippen LogP) is 1.11. The summed E-state index contributed by atoms with van der Waals surface area (Å²) in [6.45, 7) is 2.83. The van der Waals surface area contributed by atoms with E-state index in [1.807, 2.05) is 0 Å². The van der Waals surface area contributed by atoms with Crippen LogP contribution < -0.4 is 10.5 Å². The maximum Gasteiger partial charge on any atom is 0.240 e. The molecule has 8 heteroatoms. The molecule has 5 nitrogen and oxygen atoms in total. The van der Waals surface area contributed by atoms with Crippen LogP contribution in [0.2, 0.25) is 0 Å². The van der Waals surface area contributed by atoms with Gasteiger partial charge in [0.2, 0.25) is 10.0 Å². The summed E-state index contributed by atoms with van der Waals surface area (Å²) < 4.78 is 39.9. The van der Waals surface area contributed by atoms with E-state index in [1.165, 1.54) is 31.7 Å². The van der Waals surface area contributed by atoms with Crippen LogP contribution in [0.15, 0.2) is 17.0 Å². The summed E-state index contributed by atoms with van der Waals surface area (Å²) in [6, 6.07) is 2.11. The van der Waals surface area contributed by atoms with Crippen LogP contribution in [-0.2, 0) is 10.0 Å². The number of nitrogens with one attached hydrogen (secondary N) is 1. The molecule has 0 amide bonds. The lowest BCUT2D eigenvalue weighted by atomic mass is 10.1. The number of aliphatic hydroxyl groups is 1. The maximum atomic E-state index is 13.5. The molecule has 0 aliphatic carbocycles. The Morgan fingerprint density at radius 2 is 2.10 bits per heavy atom. The molecule has 0 saturated heterocycles. The first-order chi connectivity index (χ1) is 9.09. The molecule has 1 unspecified atom stereocenters. The van der Waals surface area contributed by atoms with Crippen LogP contribution in [0.5, 0.6) is 0 Å². The Bertz CT molecular complexity index is 565. The zero-order valence-corrected chi connectivity index (χ0v) is 13.2. The normalized spacial score (nSPS) is 15.1. The van der Waals surface area contributed by atoms with E-state index in [4.69, 9.17) is 5.73 Å². The minimum Gasteiger partial charge on any atom is -0.398 e. The molecule has 0 aromatic heterocycles. The zero-order chi connectivity index (χ0) is 15.6. The average molecular weight is 322 g/mol. The number of rotatable bonds is 6. The van der Waals surface area contributed by atoms with Crippen molar-refractivity contribution in [2.24, 2.45) is 0 Å². The summed E-state index contributed by atoms with van der Waals surface area (Å²) in [7, 11) is -3.91. The fourth-order valence-electron chi connectivity index (χ4n) is 1.53. The minimum atomic E-state index is -3.91. The quantitative estimate of drug-likeness (QED) is 0.682. The van der Waals surface area contributed by atoms with Gasteiger partial charge in [0.15, 0.2) is 0 Å². The van der Waals surface area contributed by atoms with Crippen LogP contribution in [0.4, 0.5) is 10.1 Å². The van der Waals surface area contributed by atoms with E-state index >= 15 is 0 Å². The van der Waals surface area contributed by atoms with Crippen molar-refractivity contribution in [1.82, 2.24) is 4.72 Å². The molecule has 0 radical (unpaired) electrons. The van der Waals surface area contributed by atoms with E-state index < -0.39 is 21.4 Å². The van der Waals surface area contributed by atoms with Gasteiger partial charge in [0.05, 0.1) is 10.5 Å². The second-order valence-electron chi connectivity index (χ2n) is 4.87. The second-order valence-corrected chi connectivity index (χ2v) is 7.51. The molecule has 1 aromatic carbocycles. The highest BCUT2D eigenvalue weighted by Crippen LogP contribution is 2.21. The summed E-state index contributed by atoms with van der Waals surface area (Å²) in [5, 5.41) is 9.93. The van der Waals surface area contributed by atoms with Crippen LogP contribution in [0.25, 0.3) is 0 Å². The number of anilines is 1. The van der Waals surface area contributed by atoms with Gasteiger partial charge < -0.3 is 10.8 Å². The van der Waals surface area contributed by atoms with E-state index in [9.17, 15) is 17.9 Å². The largest absolute Gasteiger partial charge is 0.398 e. The van der Waals surface area contributed by atoms with Crippen molar-refractivity contribution >= 4 is 27.5 Å². The Labute approximate surface area is 122 Å². The molecule has 0 fully saturated rings. The molecule has 114 valence electrons. The number of halogens is 1. The fourth-order valence-corrected chi connectivity index (χ4v) is 3.46. The first-order valence-corrected chi connectivity index (χ1v) is 8.73. The van der Waals surface area contributed by atoms with Crippen LogP contribution in [-0.4, -0.2) is 37.7 Å². The van der Waals surface area contributed by atoms with E-state index in [2.05, 4.69) is 4.72 Å². The first-order valence-electron chi connectivity index (χ1n) is 5.86. The summed E-state index contributed by atoms with van der Waals surface area (Å²) >= 11 is 1.40. The Morgan fingerprint density at radius 3 is 2.60 bits per heavy atom. The van der Waals surface area contributed by atoms with Crippen molar-refractivity contribution in [3.05, 3.63) is 23.5 Å². The third kappa shape index (κ3) is 4.34. The highest BCUT2D eigenvalue weighted by atomic mass is 32.2. The van der Waals surface area contributed by atoms with Gasteiger partial charge in [-0.1, -0.05) is 0 Å². The predicted molar refractivity (Wildman–Crippen MR) is 79.7 cm³/mol. The van der Waals surface area contributed by atoms with E-state index in [0.29, 0.717) is 5.75 Å². The van der Waals surface area contributed by atoms with Gasteiger partial charge in [0, 0.05) is 23.5 Å². The summed E-state index contributed by atoms with van der Waals surface area (Å²) in [5.41, 5.74) is 4.66. The molecule has 1 atom stereocenters. The highest BCUT2D eigenvalue weighted by molar-refractivity contribution is 7.98. The molecule has 0 heterocycles. The third-order valence-corrected chi connectivity index (χ3v) is 5.06. The van der Waals surface area contributed by atoms with Gasteiger partial charge in [0.1, 0.15) is 5.82 Å². The van der Waals surface area contributed by atoms with Crippen molar-refractivity contribution in [1.29, 1.82) is 0 Å². The lowest BCUT2D eigenvalue weighted by Crippen LogP contribution is -2.42. The van der Waals surface area contributed by atoms with Crippen molar-refractivity contribution in [2.75, 3.05) is 24.3 Å². The van der Waals surface area contributed by atoms with E-state index in [1.54, 1.807) is 6.26 Å². The van der Waals surface area contributed by atoms with Gasteiger partial charge >= 0.3 is 0 Å². The maximum absolute atomic E-state index is 13.5. The number of hydrogen-bond acceptors (Lipinski definition) is 5. The molecule has 0 aliphatic heterocycles. The molecule has 4 N–H and O–H groups in total. The lowest BCUT2D eigenvalue weighted by Gasteiger charge is -2.22. The highest BCUT2D eigenvalue weighted by Gasteiger charge is 2.24. The zero-order valence-electron chi connectivity index (χ0n) is 11.6. The van der Waals surface area contributed by atoms with Crippen molar-refractivity contribution < 1.29 is 17.9 Å². The van der Waals surface area contributed by atoms with Crippen molar-refractivity contribution in [3.8, 4) is 0 Å². The first kappa shape index (κ1) is 17.2. The third-order valence-electron chi connectivity index (χ3n) is 2.77. The lowest BCUT2D eigenvalue weighted by molar-refractivity contribution is 0.0908. The Kier molecular flexibility index (Phi) is 5.42. The molecule has 1 rings (SSSR count). The SMILES string of the molecule is CSCC(C)(O)CNS(=O)(=O)c1cc(N)c(C)c(F)c1. The van der Waals surface area contributed by atoms with Gasteiger partial charge in [-0.15, -0.1) is 0 Å². The number of sulfonamides is 1. The molecular weight excluding hydrogens is 303 g/mol. The number of hydrogen-bond donors (Lipinski definition) is 3. The van der Waals surface area contributed by atoms with Crippen LogP contribution in [0.3, 0.4) is 0 Å². The molecule has 20 heavy (non-hydrogen) atoms. The molecule has 0 saturated carbocycles. The summed E-state index contributed by atoms with van der Waals surface area (Å²) in [4.78, 5) is -0.252. The van der Waals surface area contributed by atoms with Gasteiger partial charge in [-0.3, -0.25) is 0 Å². The molecule has 0 aliphatic rings. The van der Waals surface area contributed by atoms with Crippen molar-refractivity contribution in [2.45, 2.75) is 24.3 Å². The number of nitrogen functional groups attached to an aromatic ring is 1. The molecule has 0 spiro atoms. The van der Waals surface area contributed by atoms with Crippen molar-refractivity contribution in [3.63, 3.8) is 0 Å². The Morgan fingerprint density at radius 1 is 1.50 bits per heavy atom. The van der Waals surface area contributed by atoms with Gasteiger partial charge in [0.25, 0.3) is 0 Å². The van der Waals surface area contributed by atoms with Gasteiger partial charge in [-0.25, -0.2) is 17.5 Å². The number of thioether (sulfide) groups is 1. The summed E-state index contributed by atoms with van der Waals surface area (Å²) in [6.07, 6.45) is 1.80. The number of nitrogens with two attached hydrogens (primary N) is 1. The second kappa shape index (κ2) is 6.30. The average Bonchev–Trinajstić information content (AvgIpc) is 2.33. The smallest absolute Gasteiger partial charge is 0.240 e. The minimum absolute atomic E-state index is 0.0706. The van der Waals surface area contributed by atoms with Gasteiger partial charge in [-0.2, -0.15) is 11.8 Å². The van der Waals surface area contributed by atoms with E-state index in [0.717, 1.165) is 6.07 Å². The molecular formula is C12H19FN2O3S2. The summed E-state index contributed by atoms with van der Waals surface area (Å²) in [5.74, 6) is -0.304. The van der Waals surface area contributed by atoms with Gasteiger partial charge in [-0.05, 0) is 32.2 Å². The monoisotopic (exact) mass is 322 g/mol. The van der Waals surface area contributed by atoms with E-state index in [-0.39, 0.29) is 22.7 Å².